The fourth-order valence-corrected chi connectivity index (χ4v) is 2.33. The van der Waals surface area contributed by atoms with Crippen LogP contribution in [0.5, 0.6) is 0 Å². The molecule has 0 unspecified atom stereocenters. The third-order valence-electron chi connectivity index (χ3n) is 2.92. The Morgan fingerprint density at radius 1 is 1.11 bits per heavy atom. The minimum Gasteiger partial charge on any atom is -0.258 e. The molecule has 0 aliphatic rings. The van der Waals surface area contributed by atoms with Crippen molar-refractivity contribution in [2.24, 2.45) is 0 Å². The lowest BCUT2D eigenvalue weighted by Gasteiger charge is -2.08. The maximum absolute atomic E-state index is 5.93. The fraction of sp³-hybridized carbons (Fsp3) is 0.400. The molecule has 0 N–H and O–H groups in total. The molecule has 0 fully saturated rings. The van der Waals surface area contributed by atoms with E-state index in [0.717, 1.165) is 46.9 Å². The molecule has 19 heavy (non-hydrogen) atoms. The van der Waals surface area contributed by atoms with Crippen LogP contribution in [-0.4, -0.2) is 15.0 Å². The standard InChI is InChI=1S/C15H18ClN3/c1-4-5-14-13(8-16)9-17-15(19-14)12-6-10(2)18-11(3)7-12/h6-7,9H,4-5,8H2,1-3H3. The summed E-state index contributed by atoms with van der Waals surface area (Å²) in [7, 11) is 0. The van der Waals surface area contributed by atoms with Gasteiger partial charge in [0.05, 0.1) is 5.88 Å². The highest BCUT2D eigenvalue weighted by Gasteiger charge is 2.08. The van der Waals surface area contributed by atoms with E-state index in [0.29, 0.717) is 5.88 Å². The summed E-state index contributed by atoms with van der Waals surface area (Å²) in [6, 6.07) is 4.02. The van der Waals surface area contributed by atoms with Crippen LogP contribution in [0.15, 0.2) is 18.3 Å². The maximum Gasteiger partial charge on any atom is 0.159 e. The summed E-state index contributed by atoms with van der Waals surface area (Å²) in [6.07, 6.45) is 3.82. The van der Waals surface area contributed by atoms with Gasteiger partial charge in [-0.1, -0.05) is 13.3 Å². The molecule has 0 aromatic carbocycles. The average Bonchev–Trinajstić information content (AvgIpc) is 2.38. The van der Waals surface area contributed by atoms with Crippen LogP contribution in [0.25, 0.3) is 11.4 Å². The van der Waals surface area contributed by atoms with Crippen molar-refractivity contribution in [1.82, 2.24) is 15.0 Å². The second-order valence-electron chi connectivity index (χ2n) is 4.69. The minimum absolute atomic E-state index is 0.462. The van der Waals surface area contributed by atoms with Gasteiger partial charge in [0.15, 0.2) is 5.82 Å². The first-order valence-electron chi connectivity index (χ1n) is 6.50. The first kappa shape index (κ1) is 13.9. The Morgan fingerprint density at radius 3 is 2.37 bits per heavy atom. The molecule has 0 radical (unpaired) electrons. The first-order chi connectivity index (χ1) is 9.13. The van der Waals surface area contributed by atoms with E-state index in [1.165, 1.54) is 0 Å². The van der Waals surface area contributed by atoms with Gasteiger partial charge >= 0.3 is 0 Å². The largest absolute Gasteiger partial charge is 0.258 e. The van der Waals surface area contributed by atoms with Crippen molar-refractivity contribution in [3.8, 4) is 11.4 Å². The maximum atomic E-state index is 5.93. The smallest absolute Gasteiger partial charge is 0.159 e. The lowest BCUT2D eigenvalue weighted by molar-refractivity contribution is 0.859. The van der Waals surface area contributed by atoms with E-state index < -0.39 is 0 Å². The summed E-state index contributed by atoms with van der Waals surface area (Å²) in [5.41, 5.74) is 5.06. The van der Waals surface area contributed by atoms with Crippen molar-refractivity contribution in [1.29, 1.82) is 0 Å². The van der Waals surface area contributed by atoms with Gasteiger partial charge in [0.25, 0.3) is 0 Å². The number of halogens is 1. The summed E-state index contributed by atoms with van der Waals surface area (Å²) in [6.45, 7) is 6.10. The normalized spacial score (nSPS) is 10.7. The fourth-order valence-electron chi connectivity index (χ4n) is 2.11. The van der Waals surface area contributed by atoms with Gasteiger partial charge in [-0.15, -0.1) is 11.6 Å². The molecule has 0 aliphatic heterocycles. The Labute approximate surface area is 119 Å². The number of rotatable bonds is 4. The van der Waals surface area contributed by atoms with E-state index in [4.69, 9.17) is 11.6 Å². The predicted molar refractivity (Wildman–Crippen MR) is 78.3 cm³/mol. The van der Waals surface area contributed by atoms with E-state index in [9.17, 15) is 0 Å². The Morgan fingerprint density at radius 2 is 1.79 bits per heavy atom. The van der Waals surface area contributed by atoms with Crippen molar-refractivity contribution in [2.75, 3.05) is 0 Å². The molecule has 0 saturated carbocycles. The molecule has 2 heterocycles. The Bertz CT molecular complexity index is 561. The molecule has 4 heteroatoms. The number of nitrogens with zero attached hydrogens (tertiary/aromatic N) is 3. The van der Waals surface area contributed by atoms with E-state index in [2.05, 4.69) is 21.9 Å². The molecule has 0 aliphatic carbocycles. The SMILES string of the molecule is CCCc1nc(-c2cc(C)nc(C)c2)ncc1CCl. The van der Waals surface area contributed by atoms with Gasteiger partial charge in [0, 0.05) is 34.4 Å². The molecule has 0 amide bonds. The van der Waals surface area contributed by atoms with Gasteiger partial charge in [-0.25, -0.2) is 9.97 Å². The zero-order chi connectivity index (χ0) is 13.8. The average molecular weight is 276 g/mol. The molecule has 0 atom stereocenters. The van der Waals surface area contributed by atoms with Crippen molar-refractivity contribution >= 4 is 11.6 Å². The van der Waals surface area contributed by atoms with Crippen LogP contribution >= 0.6 is 11.6 Å². The van der Waals surface area contributed by atoms with Gasteiger partial charge in [-0.2, -0.15) is 0 Å². The number of hydrogen-bond acceptors (Lipinski definition) is 3. The third-order valence-corrected chi connectivity index (χ3v) is 3.21. The predicted octanol–water partition coefficient (Wildman–Crippen LogP) is 3.85. The van der Waals surface area contributed by atoms with Gasteiger partial charge in [-0.3, -0.25) is 4.98 Å². The number of hydrogen-bond donors (Lipinski definition) is 0. The van der Waals surface area contributed by atoms with Crippen LogP contribution in [0.1, 0.15) is 36.0 Å². The summed E-state index contributed by atoms with van der Waals surface area (Å²) in [5, 5.41) is 0. The monoisotopic (exact) mass is 275 g/mol. The molecule has 3 nitrogen and oxygen atoms in total. The molecule has 100 valence electrons. The second kappa shape index (κ2) is 6.11. The van der Waals surface area contributed by atoms with Gasteiger partial charge in [0.2, 0.25) is 0 Å². The van der Waals surface area contributed by atoms with Crippen LogP contribution in [0.3, 0.4) is 0 Å². The van der Waals surface area contributed by atoms with Gasteiger partial charge < -0.3 is 0 Å². The molecule has 0 saturated heterocycles. The van der Waals surface area contributed by atoms with Gasteiger partial charge in [0.1, 0.15) is 0 Å². The first-order valence-corrected chi connectivity index (χ1v) is 7.04. The summed E-state index contributed by atoms with van der Waals surface area (Å²) < 4.78 is 0. The highest BCUT2D eigenvalue weighted by molar-refractivity contribution is 6.17. The highest BCUT2D eigenvalue weighted by Crippen LogP contribution is 2.19. The zero-order valence-electron chi connectivity index (χ0n) is 11.6. The summed E-state index contributed by atoms with van der Waals surface area (Å²) in [5.74, 6) is 1.22. The van der Waals surface area contributed by atoms with E-state index in [1.54, 1.807) is 0 Å². The van der Waals surface area contributed by atoms with Gasteiger partial charge in [-0.05, 0) is 32.4 Å². The molecule has 2 aromatic heterocycles. The molecular formula is C15H18ClN3. The molecule has 0 spiro atoms. The number of pyridine rings is 1. The number of aryl methyl sites for hydroxylation is 3. The Hall–Kier alpha value is -1.48. The number of alkyl halides is 1. The van der Waals surface area contributed by atoms with Crippen molar-refractivity contribution < 1.29 is 0 Å². The van der Waals surface area contributed by atoms with Crippen LogP contribution in [0, 0.1) is 13.8 Å². The van der Waals surface area contributed by atoms with Crippen LogP contribution in [0.4, 0.5) is 0 Å². The summed E-state index contributed by atoms with van der Waals surface area (Å²) in [4.78, 5) is 13.5. The molecule has 2 rings (SSSR count). The summed E-state index contributed by atoms with van der Waals surface area (Å²) >= 11 is 5.93. The Kier molecular flexibility index (Phi) is 4.48. The lowest BCUT2D eigenvalue weighted by atomic mass is 10.1. The topological polar surface area (TPSA) is 38.7 Å². The van der Waals surface area contributed by atoms with Crippen LogP contribution in [0.2, 0.25) is 0 Å². The third kappa shape index (κ3) is 3.29. The minimum atomic E-state index is 0.462. The number of aromatic nitrogens is 3. The highest BCUT2D eigenvalue weighted by atomic mass is 35.5. The quantitative estimate of drug-likeness (QED) is 0.796. The molecule has 0 bridgehead atoms. The lowest BCUT2D eigenvalue weighted by Crippen LogP contribution is -2.01. The molecular weight excluding hydrogens is 258 g/mol. The zero-order valence-corrected chi connectivity index (χ0v) is 12.3. The van der Waals surface area contributed by atoms with Crippen LogP contribution < -0.4 is 0 Å². The van der Waals surface area contributed by atoms with Crippen molar-refractivity contribution in [2.45, 2.75) is 39.5 Å². The van der Waals surface area contributed by atoms with Crippen molar-refractivity contribution in [3.05, 3.63) is 41.0 Å². The van der Waals surface area contributed by atoms with E-state index >= 15 is 0 Å². The Balaban J connectivity index is 2.47. The second-order valence-corrected chi connectivity index (χ2v) is 4.96. The van der Waals surface area contributed by atoms with Crippen molar-refractivity contribution in [3.63, 3.8) is 0 Å². The molecule has 2 aromatic rings. The van der Waals surface area contributed by atoms with E-state index in [1.807, 2.05) is 32.2 Å². The van der Waals surface area contributed by atoms with E-state index in [-0.39, 0.29) is 0 Å². The van der Waals surface area contributed by atoms with Crippen LogP contribution in [-0.2, 0) is 12.3 Å².